The fraction of sp³-hybridized carbons (Fsp3) is 0.500. The summed E-state index contributed by atoms with van der Waals surface area (Å²) in [6.45, 7) is 7.21. The van der Waals surface area contributed by atoms with E-state index >= 15 is 0 Å². The third kappa shape index (κ3) is 2.26. The molecule has 2 atom stereocenters. The number of nitrogens with zero attached hydrogens (tertiary/aromatic N) is 2. The third-order valence-electron chi connectivity index (χ3n) is 4.83. The fourth-order valence-electron chi connectivity index (χ4n) is 3.72. The van der Waals surface area contributed by atoms with Gasteiger partial charge in [-0.15, -0.1) is 0 Å². The molecule has 5 nitrogen and oxygen atoms in total. The minimum Gasteiger partial charge on any atom is -0.316 e. The summed E-state index contributed by atoms with van der Waals surface area (Å²) in [5.41, 5.74) is 1.86. The Kier molecular flexibility index (Phi) is 3.05. The van der Waals surface area contributed by atoms with Crippen LogP contribution in [-0.4, -0.2) is 41.0 Å². The van der Waals surface area contributed by atoms with E-state index in [1.165, 1.54) is 0 Å². The quantitative estimate of drug-likeness (QED) is 0.859. The maximum atomic E-state index is 12.2. The van der Waals surface area contributed by atoms with E-state index in [0.29, 0.717) is 5.39 Å². The van der Waals surface area contributed by atoms with Crippen LogP contribution in [0.3, 0.4) is 0 Å². The zero-order valence-corrected chi connectivity index (χ0v) is 12.2. The number of fused-ring (bicyclic) bond motifs is 2. The van der Waals surface area contributed by atoms with Gasteiger partial charge in [-0.3, -0.25) is 9.69 Å². The largest absolute Gasteiger partial charge is 0.316 e. The fourth-order valence-corrected chi connectivity index (χ4v) is 3.72. The molecule has 1 aromatic heterocycles. The zero-order chi connectivity index (χ0) is 14.4. The first kappa shape index (κ1) is 13.0. The highest BCUT2D eigenvalue weighted by Crippen LogP contribution is 2.27. The Bertz CT molecular complexity index is 727. The molecule has 2 fully saturated rings. The highest BCUT2D eigenvalue weighted by molar-refractivity contribution is 5.80. The molecule has 2 aliphatic heterocycles. The molecular formula is C16H20N4O. The Labute approximate surface area is 123 Å². The number of benzene rings is 1. The molecule has 0 unspecified atom stereocenters. The van der Waals surface area contributed by atoms with E-state index in [1.54, 1.807) is 0 Å². The first-order valence-electron chi connectivity index (χ1n) is 7.62. The van der Waals surface area contributed by atoms with Crippen molar-refractivity contribution in [2.75, 3.05) is 26.2 Å². The first-order valence-corrected chi connectivity index (χ1v) is 7.62. The Morgan fingerprint density at radius 1 is 1.29 bits per heavy atom. The van der Waals surface area contributed by atoms with E-state index in [0.717, 1.165) is 61.5 Å². The van der Waals surface area contributed by atoms with Crippen molar-refractivity contribution in [2.45, 2.75) is 13.5 Å². The van der Waals surface area contributed by atoms with Gasteiger partial charge in [0.1, 0.15) is 5.82 Å². The van der Waals surface area contributed by atoms with E-state index in [9.17, 15) is 4.79 Å². The summed E-state index contributed by atoms with van der Waals surface area (Å²) in [6.07, 6.45) is 0. The monoisotopic (exact) mass is 284 g/mol. The van der Waals surface area contributed by atoms with E-state index in [-0.39, 0.29) is 5.56 Å². The van der Waals surface area contributed by atoms with Crippen LogP contribution in [0.25, 0.3) is 10.9 Å². The van der Waals surface area contributed by atoms with E-state index in [2.05, 4.69) is 20.2 Å². The number of aromatic amines is 1. The molecule has 0 amide bonds. The maximum absolute atomic E-state index is 12.2. The molecule has 21 heavy (non-hydrogen) atoms. The lowest BCUT2D eigenvalue weighted by Gasteiger charge is -2.16. The third-order valence-corrected chi connectivity index (χ3v) is 4.83. The molecule has 0 saturated carbocycles. The summed E-state index contributed by atoms with van der Waals surface area (Å²) in [5, 5.41) is 4.13. The summed E-state index contributed by atoms with van der Waals surface area (Å²) >= 11 is 0. The molecule has 0 spiro atoms. The van der Waals surface area contributed by atoms with Crippen LogP contribution < -0.4 is 10.9 Å². The van der Waals surface area contributed by atoms with Gasteiger partial charge in [-0.25, -0.2) is 4.98 Å². The molecule has 0 aliphatic carbocycles. The second-order valence-corrected chi connectivity index (χ2v) is 6.36. The van der Waals surface area contributed by atoms with Crippen molar-refractivity contribution < 1.29 is 0 Å². The zero-order valence-electron chi connectivity index (χ0n) is 12.2. The van der Waals surface area contributed by atoms with E-state index < -0.39 is 0 Å². The van der Waals surface area contributed by atoms with E-state index in [4.69, 9.17) is 0 Å². The van der Waals surface area contributed by atoms with Gasteiger partial charge in [-0.05, 0) is 43.5 Å². The SMILES string of the molecule is Cc1cccc2c(=O)[nH]c(CN3C[C@H]4CNC[C@H]4C3)nc12. The van der Waals surface area contributed by atoms with Gasteiger partial charge in [0.2, 0.25) is 0 Å². The smallest absolute Gasteiger partial charge is 0.258 e. The number of H-pyrrole nitrogens is 1. The van der Waals surface area contributed by atoms with Crippen LogP contribution in [-0.2, 0) is 6.54 Å². The van der Waals surface area contributed by atoms with Crippen LogP contribution in [0, 0.1) is 18.8 Å². The summed E-state index contributed by atoms with van der Waals surface area (Å²) in [6, 6.07) is 5.75. The summed E-state index contributed by atoms with van der Waals surface area (Å²) in [4.78, 5) is 22.2. The van der Waals surface area contributed by atoms with Crippen LogP contribution in [0.15, 0.2) is 23.0 Å². The lowest BCUT2D eigenvalue weighted by molar-refractivity contribution is 0.298. The Morgan fingerprint density at radius 3 is 2.81 bits per heavy atom. The predicted octanol–water partition coefficient (Wildman–Crippen LogP) is 0.883. The molecule has 2 aliphatic rings. The molecular weight excluding hydrogens is 264 g/mol. The first-order chi connectivity index (χ1) is 10.2. The summed E-state index contributed by atoms with van der Waals surface area (Å²) < 4.78 is 0. The van der Waals surface area contributed by atoms with Crippen molar-refractivity contribution in [2.24, 2.45) is 11.8 Å². The standard InChI is InChI=1S/C16H20N4O/c1-10-3-2-4-13-15(10)18-14(19-16(13)21)9-20-7-11-5-17-6-12(11)8-20/h2-4,11-12,17H,5-9H2,1H3,(H,18,19,21)/t11-,12+. The van der Waals surface area contributed by atoms with Gasteiger partial charge in [0, 0.05) is 13.1 Å². The van der Waals surface area contributed by atoms with Gasteiger partial charge in [-0.1, -0.05) is 12.1 Å². The number of rotatable bonds is 2. The van der Waals surface area contributed by atoms with Gasteiger partial charge in [0.05, 0.1) is 17.4 Å². The van der Waals surface area contributed by atoms with Crippen LogP contribution in [0.2, 0.25) is 0 Å². The Hall–Kier alpha value is -1.72. The number of hydrogen-bond acceptors (Lipinski definition) is 4. The topological polar surface area (TPSA) is 61.0 Å². The molecule has 1 aromatic carbocycles. The van der Waals surface area contributed by atoms with Crippen LogP contribution in [0.5, 0.6) is 0 Å². The van der Waals surface area contributed by atoms with Crippen molar-refractivity contribution >= 4 is 10.9 Å². The van der Waals surface area contributed by atoms with Crippen LogP contribution in [0.4, 0.5) is 0 Å². The lowest BCUT2D eigenvalue weighted by Crippen LogP contribution is -2.27. The molecule has 110 valence electrons. The van der Waals surface area contributed by atoms with Crippen molar-refractivity contribution in [1.29, 1.82) is 0 Å². The van der Waals surface area contributed by atoms with Crippen molar-refractivity contribution in [1.82, 2.24) is 20.2 Å². The number of hydrogen-bond donors (Lipinski definition) is 2. The molecule has 2 saturated heterocycles. The predicted molar refractivity (Wildman–Crippen MR) is 82.2 cm³/mol. The van der Waals surface area contributed by atoms with Gasteiger partial charge < -0.3 is 10.3 Å². The summed E-state index contributed by atoms with van der Waals surface area (Å²) in [5.74, 6) is 2.31. The van der Waals surface area contributed by atoms with Crippen molar-refractivity contribution in [3.63, 3.8) is 0 Å². The normalized spacial score (nSPS) is 25.6. The van der Waals surface area contributed by atoms with Crippen molar-refractivity contribution in [3.8, 4) is 0 Å². The van der Waals surface area contributed by atoms with Crippen LogP contribution >= 0.6 is 0 Å². The number of likely N-dealkylation sites (tertiary alicyclic amines) is 1. The molecule has 4 rings (SSSR count). The second-order valence-electron chi connectivity index (χ2n) is 6.36. The van der Waals surface area contributed by atoms with Gasteiger partial charge in [0.15, 0.2) is 0 Å². The number of para-hydroxylation sites is 1. The van der Waals surface area contributed by atoms with Gasteiger partial charge in [-0.2, -0.15) is 0 Å². The minimum absolute atomic E-state index is 0.0280. The van der Waals surface area contributed by atoms with Gasteiger partial charge in [0.25, 0.3) is 5.56 Å². The molecule has 0 bridgehead atoms. The average molecular weight is 284 g/mol. The lowest BCUT2D eigenvalue weighted by atomic mass is 10.0. The van der Waals surface area contributed by atoms with E-state index in [1.807, 2.05) is 25.1 Å². The highest BCUT2D eigenvalue weighted by Gasteiger charge is 2.36. The van der Waals surface area contributed by atoms with Crippen LogP contribution in [0.1, 0.15) is 11.4 Å². The molecule has 2 aromatic rings. The Morgan fingerprint density at radius 2 is 2.05 bits per heavy atom. The average Bonchev–Trinajstić information content (AvgIpc) is 3.01. The number of nitrogens with one attached hydrogen (secondary N) is 2. The molecule has 5 heteroatoms. The minimum atomic E-state index is -0.0280. The maximum Gasteiger partial charge on any atom is 0.258 e. The molecule has 2 N–H and O–H groups in total. The molecule has 0 radical (unpaired) electrons. The van der Waals surface area contributed by atoms with Gasteiger partial charge >= 0.3 is 0 Å². The summed E-state index contributed by atoms with van der Waals surface area (Å²) in [7, 11) is 0. The number of aromatic nitrogens is 2. The molecule has 3 heterocycles. The highest BCUT2D eigenvalue weighted by atomic mass is 16.1. The Balaban J connectivity index is 1.62. The second kappa shape index (κ2) is 4.93. The van der Waals surface area contributed by atoms with Crippen molar-refractivity contribution in [3.05, 3.63) is 39.9 Å². The number of aryl methyl sites for hydroxylation is 1.